The molecule has 79 valence electrons. The van der Waals surface area contributed by atoms with Crippen LogP contribution in [0.3, 0.4) is 0 Å². The Kier molecular flexibility index (Phi) is 9.41. The Morgan fingerprint density at radius 3 is 2.43 bits per heavy atom. The Bertz CT molecular complexity index is 190. The van der Waals surface area contributed by atoms with Crippen LogP contribution in [0.4, 0.5) is 0 Å². The van der Waals surface area contributed by atoms with Gasteiger partial charge in [0.2, 0.25) is 6.41 Å². The predicted molar refractivity (Wildman–Crippen MR) is 59.5 cm³/mol. The van der Waals surface area contributed by atoms with Crippen molar-refractivity contribution in [2.75, 3.05) is 13.6 Å². The lowest BCUT2D eigenvalue weighted by atomic mass is 10.2. The molecule has 14 heavy (non-hydrogen) atoms. The lowest BCUT2D eigenvalue weighted by molar-refractivity contribution is -0.117. The lowest BCUT2D eigenvalue weighted by Crippen LogP contribution is -2.16. The molecule has 0 aliphatic rings. The number of rotatable bonds is 7. The number of hydrogen-bond donors (Lipinski definition) is 0. The Morgan fingerprint density at radius 2 is 1.86 bits per heavy atom. The van der Waals surface area contributed by atoms with Crippen molar-refractivity contribution in [3.05, 3.63) is 6.92 Å². The molecule has 0 aromatic heterocycles. The van der Waals surface area contributed by atoms with Crippen LogP contribution in [0.2, 0.25) is 0 Å². The molecule has 0 saturated carbocycles. The molecule has 0 aromatic rings. The van der Waals surface area contributed by atoms with E-state index in [2.05, 4.69) is 18.8 Å². The fourth-order valence-electron chi connectivity index (χ4n) is 1.02. The summed E-state index contributed by atoms with van der Waals surface area (Å²) in [6, 6.07) is 0. The van der Waals surface area contributed by atoms with Gasteiger partial charge in [0.1, 0.15) is 0 Å². The molecule has 0 N–H and O–H groups in total. The number of hydrogen-bond acceptors (Lipinski definition) is 1. The highest BCUT2D eigenvalue weighted by Gasteiger charge is 1.91. The number of carbonyl (C=O) groups excluding carboxylic acids is 1. The smallest absolute Gasteiger partial charge is 0.209 e. The van der Waals surface area contributed by atoms with Crippen LogP contribution in [0.15, 0.2) is 0 Å². The molecule has 0 saturated heterocycles. The van der Waals surface area contributed by atoms with Crippen LogP contribution in [0, 0.1) is 18.8 Å². The van der Waals surface area contributed by atoms with E-state index in [-0.39, 0.29) is 0 Å². The second-order valence-corrected chi connectivity index (χ2v) is 3.35. The molecule has 0 aromatic carbocycles. The molecule has 2 heteroatoms. The SMILES string of the molecule is [CH2]CCCC#CCCCCN(C)C=O. The van der Waals surface area contributed by atoms with E-state index in [4.69, 9.17) is 0 Å². The van der Waals surface area contributed by atoms with E-state index in [1.54, 1.807) is 11.9 Å². The van der Waals surface area contributed by atoms with Gasteiger partial charge >= 0.3 is 0 Å². The van der Waals surface area contributed by atoms with Crippen LogP contribution < -0.4 is 0 Å². The van der Waals surface area contributed by atoms with Crippen LogP contribution in [0.25, 0.3) is 0 Å². The molecular formula is C12H20NO. The number of nitrogens with zero attached hydrogens (tertiary/aromatic N) is 1. The van der Waals surface area contributed by atoms with Gasteiger partial charge in [0.25, 0.3) is 0 Å². The van der Waals surface area contributed by atoms with Crippen molar-refractivity contribution in [2.45, 2.75) is 38.5 Å². The Hall–Kier alpha value is -0.970. The molecule has 1 amide bonds. The number of amides is 1. The first-order valence-corrected chi connectivity index (χ1v) is 5.21. The van der Waals surface area contributed by atoms with Gasteiger partial charge < -0.3 is 4.90 Å². The third-order valence-corrected chi connectivity index (χ3v) is 1.92. The Morgan fingerprint density at radius 1 is 1.21 bits per heavy atom. The number of carbonyl (C=O) groups is 1. The summed E-state index contributed by atoms with van der Waals surface area (Å²) in [7, 11) is 1.80. The van der Waals surface area contributed by atoms with Gasteiger partial charge in [-0.05, 0) is 19.3 Å². The van der Waals surface area contributed by atoms with E-state index in [1.807, 2.05) is 0 Å². The van der Waals surface area contributed by atoms with E-state index in [1.165, 1.54) is 0 Å². The zero-order chi connectivity index (χ0) is 10.6. The topological polar surface area (TPSA) is 20.3 Å². The standard InChI is InChI=1S/C12H20NO/c1-3-4-5-6-7-8-9-10-11-13(2)12-14/h12H,1,3-5,8-11H2,2H3. The minimum absolute atomic E-state index is 0.837. The van der Waals surface area contributed by atoms with Crippen molar-refractivity contribution >= 4 is 6.41 Å². The maximum absolute atomic E-state index is 10.2. The minimum atomic E-state index is 0.837. The zero-order valence-electron chi connectivity index (χ0n) is 9.09. The fraction of sp³-hybridized carbons (Fsp3) is 0.667. The highest BCUT2D eigenvalue weighted by atomic mass is 16.1. The number of unbranched alkanes of at least 4 members (excludes halogenated alkanes) is 4. The van der Waals surface area contributed by atoms with E-state index >= 15 is 0 Å². The first kappa shape index (κ1) is 13.0. The molecule has 0 aliphatic carbocycles. The van der Waals surface area contributed by atoms with E-state index < -0.39 is 0 Å². The summed E-state index contributed by atoms with van der Waals surface area (Å²) in [5.41, 5.74) is 0. The van der Waals surface area contributed by atoms with Gasteiger partial charge in [-0.1, -0.05) is 13.3 Å². The van der Waals surface area contributed by atoms with Crippen molar-refractivity contribution in [2.24, 2.45) is 0 Å². The molecule has 0 rings (SSSR count). The first-order chi connectivity index (χ1) is 6.81. The summed E-state index contributed by atoms with van der Waals surface area (Å²) in [4.78, 5) is 11.9. The van der Waals surface area contributed by atoms with Crippen LogP contribution >= 0.6 is 0 Å². The summed E-state index contributed by atoms with van der Waals surface area (Å²) in [5.74, 6) is 6.24. The van der Waals surface area contributed by atoms with Crippen molar-refractivity contribution < 1.29 is 4.79 Å². The highest BCUT2D eigenvalue weighted by molar-refractivity contribution is 5.46. The molecule has 0 aliphatic heterocycles. The van der Waals surface area contributed by atoms with E-state index in [0.717, 1.165) is 51.5 Å². The largest absolute Gasteiger partial charge is 0.348 e. The van der Waals surface area contributed by atoms with Crippen LogP contribution in [-0.2, 0) is 4.79 Å². The maximum Gasteiger partial charge on any atom is 0.209 e. The molecule has 0 atom stereocenters. The van der Waals surface area contributed by atoms with Gasteiger partial charge in [-0.2, -0.15) is 0 Å². The van der Waals surface area contributed by atoms with Crippen LogP contribution in [0.5, 0.6) is 0 Å². The van der Waals surface area contributed by atoms with Gasteiger partial charge in [0.05, 0.1) is 0 Å². The van der Waals surface area contributed by atoms with Gasteiger partial charge in [-0.3, -0.25) is 4.79 Å². The summed E-state index contributed by atoms with van der Waals surface area (Å²) in [6.07, 6.45) is 6.97. The zero-order valence-corrected chi connectivity index (χ0v) is 9.09. The molecule has 0 bridgehead atoms. The minimum Gasteiger partial charge on any atom is -0.348 e. The molecule has 2 nitrogen and oxygen atoms in total. The third-order valence-electron chi connectivity index (χ3n) is 1.92. The molecule has 0 unspecified atom stereocenters. The van der Waals surface area contributed by atoms with Crippen molar-refractivity contribution in [1.82, 2.24) is 4.90 Å². The van der Waals surface area contributed by atoms with E-state index in [0.29, 0.717) is 0 Å². The molecular weight excluding hydrogens is 174 g/mol. The monoisotopic (exact) mass is 194 g/mol. The summed E-state index contributed by atoms with van der Waals surface area (Å²) < 4.78 is 0. The maximum atomic E-state index is 10.2. The fourth-order valence-corrected chi connectivity index (χ4v) is 1.02. The quantitative estimate of drug-likeness (QED) is 0.346. The van der Waals surface area contributed by atoms with Gasteiger partial charge in [0, 0.05) is 26.4 Å². The van der Waals surface area contributed by atoms with Crippen molar-refractivity contribution in [3.8, 4) is 11.8 Å². The van der Waals surface area contributed by atoms with Crippen molar-refractivity contribution in [3.63, 3.8) is 0 Å². The Balaban J connectivity index is 3.18. The van der Waals surface area contributed by atoms with Gasteiger partial charge in [-0.15, -0.1) is 11.8 Å². The lowest BCUT2D eigenvalue weighted by Gasteiger charge is -2.08. The summed E-state index contributed by atoms with van der Waals surface area (Å²) in [6.45, 7) is 4.59. The normalized spacial score (nSPS) is 9.00. The van der Waals surface area contributed by atoms with Crippen LogP contribution in [-0.4, -0.2) is 24.9 Å². The van der Waals surface area contributed by atoms with E-state index in [9.17, 15) is 4.79 Å². The van der Waals surface area contributed by atoms with Gasteiger partial charge in [0.15, 0.2) is 0 Å². The Labute approximate surface area is 87.7 Å². The second-order valence-electron chi connectivity index (χ2n) is 3.35. The molecule has 0 heterocycles. The first-order valence-electron chi connectivity index (χ1n) is 5.21. The molecule has 0 spiro atoms. The second kappa shape index (κ2) is 10.1. The molecule has 0 fully saturated rings. The summed E-state index contributed by atoms with van der Waals surface area (Å²) in [5, 5.41) is 0. The average molecular weight is 194 g/mol. The summed E-state index contributed by atoms with van der Waals surface area (Å²) >= 11 is 0. The highest BCUT2D eigenvalue weighted by Crippen LogP contribution is 1.96. The third kappa shape index (κ3) is 9.12. The molecule has 1 radical (unpaired) electrons. The predicted octanol–water partition coefficient (Wildman–Crippen LogP) is 2.25. The van der Waals surface area contributed by atoms with Gasteiger partial charge in [-0.25, -0.2) is 0 Å². The van der Waals surface area contributed by atoms with Crippen LogP contribution in [0.1, 0.15) is 38.5 Å². The van der Waals surface area contributed by atoms with Crippen molar-refractivity contribution in [1.29, 1.82) is 0 Å². The average Bonchev–Trinajstić information content (AvgIpc) is 2.21.